The fraction of sp³-hybridized carbons (Fsp3) is 0.769. The molecule has 20 heavy (non-hydrogen) atoms. The van der Waals surface area contributed by atoms with Gasteiger partial charge in [-0.1, -0.05) is 6.92 Å². The van der Waals surface area contributed by atoms with E-state index >= 15 is 0 Å². The van der Waals surface area contributed by atoms with Crippen LogP contribution in [-0.2, 0) is 10.0 Å². The summed E-state index contributed by atoms with van der Waals surface area (Å²) in [5.41, 5.74) is 0.627. The van der Waals surface area contributed by atoms with Gasteiger partial charge >= 0.3 is 0 Å². The van der Waals surface area contributed by atoms with E-state index in [0.717, 1.165) is 30.9 Å². The first kappa shape index (κ1) is 15.9. The van der Waals surface area contributed by atoms with Crippen LogP contribution in [0.25, 0.3) is 0 Å². The first-order valence-corrected chi connectivity index (χ1v) is 9.35. The zero-order valence-electron chi connectivity index (χ0n) is 12.3. The molecule has 0 aliphatic carbocycles. The zero-order valence-corrected chi connectivity index (χ0v) is 14.0. The molecule has 5 nitrogen and oxygen atoms in total. The van der Waals surface area contributed by atoms with Gasteiger partial charge < -0.3 is 5.32 Å². The molecule has 0 atom stereocenters. The normalized spacial score (nSPS) is 18.6. The van der Waals surface area contributed by atoms with Crippen molar-refractivity contribution in [3.8, 4) is 0 Å². The first-order valence-electron chi connectivity index (χ1n) is 7.10. The Kier molecular flexibility index (Phi) is 5.17. The molecule has 2 heterocycles. The third-order valence-corrected chi connectivity index (χ3v) is 7.25. The van der Waals surface area contributed by atoms with Crippen LogP contribution in [0.5, 0.6) is 0 Å². The smallest absolute Gasteiger partial charge is 0.254 e. The van der Waals surface area contributed by atoms with Crippen LogP contribution in [0.15, 0.2) is 4.21 Å². The van der Waals surface area contributed by atoms with E-state index < -0.39 is 10.0 Å². The molecule has 0 unspecified atom stereocenters. The van der Waals surface area contributed by atoms with Gasteiger partial charge in [0.05, 0.1) is 10.7 Å². The second-order valence-electron chi connectivity index (χ2n) is 5.26. The quantitative estimate of drug-likeness (QED) is 0.899. The monoisotopic (exact) mass is 317 g/mol. The molecule has 114 valence electrons. The molecule has 1 aromatic rings. The standard InChI is InChI=1S/C13H23N3O2S2/c1-4-14-9-12-5-7-16(8-6-12)20(17,18)13-10(2)15-11(3)19-13/h12,14H,4-9H2,1-3H3. The number of sulfonamides is 1. The molecular formula is C13H23N3O2S2. The predicted molar refractivity (Wildman–Crippen MR) is 81.6 cm³/mol. The van der Waals surface area contributed by atoms with Crippen molar-refractivity contribution in [2.45, 2.75) is 37.8 Å². The topological polar surface area (TPSA) is 62.3 Å². The lowest BCUT2D eigenvalue weighted by atomic mass is 9.98. The molecule has 1 saturated heterocycles. The Morgan fingerprint density at radius 2 is 2.00 bits per heavy atom. The van der Waals surface area contributed by atoms with Crippen LogP contribution < -0.4 is 5.32 Å². The molecule has 1 aliphatic rings. The summed E-state index contributed by atoms with van der Waals surface area (Å²) in [7, 11) is -3.35. The lowest BCUT2D eigenvalue weighted by Crippen LogP contribution is -2.40. The highest BCUT2D eigenvalue weighted by Gasteiger charge is 2.31. The van der Waals surface area contributed by atoms with Crippen molar-refractivity contribution in [3.05, 3.63) is 10.7 Å². The summed E-state index contributed by atoms with van der Waals surface area (Å²) >= 11 is 1.28. The highest BCUT2D eigenvalue weighted by Crippen LogP contribution is 2.29. The number of aromatic nitrogens is 1. The summed E-state index contributed by atoms with van der Waals surface area (Å²) in [5, 5.41) is 4.15. The summed E-state index contributed by atoms with van der Waals surface area (Å²) < 4.78 is 27.3. The summed E-state index contributed by atoms with van der Waals surface area (Å²) in [6, 6.07) is 0. The molecule has 0 radical (unpaired) electrons. The molecule has 0 saturated carbocycles. The maximum Gasteiger partial charge on any atom is 0.254 e. The van der Waals surface area contributed by atoms with E-state index in [1.807, 2.05) is 6.92 Å². The Morgan fingerprint density at radius 3 is 2.50 bits per heavy atom. The summed E-state index contributed by atoms with van der Waals surface area (Å²) in [6.07, 6.45) is 1.87. The van der Waals surface area contributed by atoms with Crippen molar-refractivity contribution in [2.24, 2.45) is 5.92 Å². The van der Waals surface area contributed by atoms with E-state index in [-0.39, 0.29) is 0 Å². The Hall–Kier alpha value is -0.500. The number of nitrogens with zero attached hydrogens (tertiary/aromatic N) is 2. The van der Waals surface area contributed by atoms with Gasteiger partial charge in [0.2, 0.25) is 0 Å². The maximum atomic E-state index is 12.6. The number of aryl methyl sites for hydroxylation is 2. The third kappa shape index (κ3) is 3.39. The van der Waals surface area contributed by atoms with Gasteiger partial charge in [-0.05, 0) is 45.7 Å². The molecule has 0 aromatic carbocycles. The Morgan fingerprint density at radius 1 is 1.35 bits per heavy atom. The highest BCUT2D eigenvalue weighted by atomic mass is 32.2. The molecule has 1 aliphatic heterocycles. The average Bonchev–Trinajstić information content (AvgIpc) is 2.76. The minimum absolute atomic E-state index is 0.417. The van der Waals surface area contributed by atoms with Gasteiger partial charge in [-0.15, -0.1) is 11.3 Å². The molecule has 1 aromatic heterocycles. The van der Waals surface area contributed by atoms with Crippen LogP contribution in [0.4, 0.5) is 0 Å². The number of piperidine rings is 1. The molecule has 0 spiro atoms. The van der Waals surface area contributed by atoms with Gasteiger partial charge in [0.15, 0.2) is 4.21 Å². The van der Waals surface area contributed by atoms with Crippen molar-refractivity contribution in [3.63, 3.8) is 0 Å². The average molecular weight is 317 g/mol. The van der Waals surface area contributed by atoms with Crippen molar-refractivity contribution in [1.29, 1.82) is 0 Å². The zero-order chi connectivity index (χ0) is 14.8. The summed E-state index contributed by atoms with van der Waals surface area (Å²) in [4.78, 5) is 4.23. The second kappa shape index (κ2) is 6.51. The Balaban J connectivity index is 2.04. The third-order valence-electron chi connectivity index (χ3n) is 3.69. The minimum Gasteiger partial charge on any atom is -0.317 e. The van der Waals surface area contributed by atoms with Crippen LogP contribution in [-0.4, -0.2) is 43.9 Å². The van der Waals surface area contributed by atoms with Crippen molar-refractivity contribution < 1.29 is 8.42 Å². The van der Waals surface area contributed by atoms with E-state index in [2.05, 4.69) is 17.2 Å². The van der Waals surface area contributed by atoms with E-state index in [1.165, 1.54) is 11.3 Å². The number of hydrogen-bond donors (Lipinski definition) is 1. The van der Waals surface area contributed by atoms with Crippen LogP contribution in [0.1, 0.15) is 30.5 Å². The molecule has 1 N–H and O–H groups in total. The molecule has 0 bridgehead atoms. The molecular weight excluding hydrogens is 294 g/mol. The summed E-state index contributed by atoms with van der Waals surface area (Å²) in [6.45, 7) is 8.91. The van der Waals surface area contributed by atoms with E-state index in [4.69, 9.17) is 0 Å². The van der Waals surface area contributed by atoms with Gasteiger partial charge in [-0.2, -0.15) is 4.31 Å². The van der Waals surface area contributed by atoms with Crippen molar-refractivity contribution in [1.82, 2.24) is 14.6 Å². The van der Waals surface area contributed by atoms with Gasteiger partial charge in [-0.3, -0.25) is 0 Å². The van der Waals surface area contributed by atoms with Crippen molar-refractivity contribution >= 4 is 21.4 Å². The van der Waals surface area contributed by atoms with Gasteiger partial charge in [-0.25, -0.2) is 13.4 Å². The first-order chi connectivity index (χ1) is 9.45. The lowest BCUT2D eigenvalue weighted by molar-refractivity contribution is 0.269. The number of nitrogens with one attached hydrogen (secondary N) is 1. The second-order valence-corrected chi connectivity index (χ2v) is 8.60. The van der Waals surface area contributed by atoms with Crippen LogP contribution in [0, 0.1) is 19.8 Å². The van der Waals surface area contributed by atoms with Crippen molar-refractivity contribution in [2.75, 3.05) is 26.2 Å². The Bertz CT molecular complexity index is 546. The fourth-order valence-electron chi connectivity index (χ4n) is 2.57. The van der Waals surface area contributed by atoms with Gasteiger partial charge in [0.1, 0.15) is 0 Å². The van der Waals surface area contributed by atoms with Crippen LogP contribution in [0.2, 0.25) is 0 Å². The van der Waals surface area contributed by atoms with E-state index in [1.54, 1.807) is 11.2 Å². The number of thiazole rings is 1. The lowest BCUT2D eigenvalue weighted by Gasteiger charge is -2.31. The molecule has 1 fully saturated rings. The van der Waals surface area contributed by atoms with E-state index in [9.17, 15) is 8.42 Å². The predicted octanol–water partition coefficient (Wildman–Crippen LogP) is 1.77. The highest BCUT2D eigenvalue weighted by molar-refractivity contribution is 7.91. The van der Waals surface area contributed by atoms with Gasteiger partial charge in [0.25, 0.3) is 10.0 Å². The summed E-state index contributed by atoms with van der Waals surface area (Å²) in [5.74, 6) is 0.589. The number of rotatable bonds is 5. The molecule has 2 rings (SSSR count). The molecule has 0 amide bonds. The number of hydrogen-bond acceptors (Lipinski definition) is 5. The van der Waals surface area contributed by atoms with E-state index in [0.29, 0.717) is 28.9 Å². The SMILES string of the molecule is CCNCC1CCN(S(=O)(=O)c2sc(C)nc2C)CC1. The molecule has 7 heteroatoms. The minimum atomic E-state index is -3.35. The Labute approximate surface area is 125 Å². The fourth-order valence-corrected chi connectivity index (χ4v) is 5.66. The van der Waals surface area contributed by atoms with Crippen LogP contribution in [0.3, 0.4) is 0 Å². The largest absolute Gasteiger partial charge is 0.317 e. The maximum absolute atomic E-state index is 12.6. The van der Waals surface area contributed by atoms with Crippen LogP contribution >= 0.6 is 11.3 Å². The van der Waals surface area contributed by atoms with Gasteiger partial charge in [0, 0.05) is 13.1 Å².